The van der Waals surface area contributed by atoms with Crippen LogP contribution in [0.3, 0.4) is 0 Å². The molecule has 5 heteroatoms. The Balaban J connectivity index is 2.09. The van der Waals surface area contributed by atoms with Gasteiger partial charge in [0.25, 0.3) is 0 Å². The van der Waals surface area contributed by atoms with Crippen molar-refractivity contribution >= 4 is 23.1 Å². The Morgan fingerprint density at radius 2 is 2.29 bits per heavy atom. The van der Waals surface area contributed by atoms with E-state index in [0.29, 0.717) is 29.3 Å². The van der Waals surface area contributed by atoms with Crippen LogP contribution in [0, 0.1) is 0 Å². The molecule has 1 saturated heterocycles. The summed E-state index contributed by atoms with van der Waals surface area (Å²) in [6.45, 7) is 1.47. The summed E-state index contributed by atoms with van der Waals surface area (Å²) in [7, 11) is 0. The van der Waals surface area contributed by atoms with Crippen molar-refractivity contribution < 1.29 is 10.0 Å². The third-order valence-corrected chi connectivity index (χ3v) is 3.66. The van der Waals surface area contributed by atoms with Crippen LogP contribution in [0.15, 0.2) is 23.4 Å². The second kappa shape index (κ2) is 3.82. The van der Waals surface area contributed by atoms with Crippen molar-refractivity contribution in [2.45, 2.75) is 19.0 Å². The second-order valence-electron chi connectivity index (χ2n) is 4.38. The second-order valence-corrected chi connectivity index (χ2v) is 4.82. The van der Waals surface area contributed by atoms with E-state index in [0.717, 1.165) is 12.1 Å². The van der Waals surface area contributed by atoms with Crippen molar-refractivity contribution in [2.24, 2.45) is 5.16 Å². The Morgan fingerprint density at radius 3 is 3.06 bits per heavy atom. The number of hydrogen-bond donors (Lipinski definition) is 1. The average molecular weight is 251 g/mol. The number of oxime groups is 1. The molecule has 0 aromatic heterocycles. The van der Waals surface area contributed by atoms with Gasteiger partial charge in [0.05, 0.1) is 5.71 Å². The highest BCUT2D eigenvalue weighted by Gasteiger charge is 2.41. The molecule has 1 unspecified atom stereocenters. The first-order valence-electron chi connectivity index (χ1n) is 5.48. The molecule has 0 amide bonds. The summed E-state index contributed by atoms with van der Waals surface area (Å²) in [5, 5.41) is 12.7. The zero-order valence-electron chi connectivity index (χ0n) is 9.06. The summed E-state index contributed by atoms with van der Waals surface area (Å²) in [6, 6.07) is 4.99. The fraction of sp³-hybridized carbons (Fsp3) is 0.333. The van der Waals surface area contributed by atoms with Gasteiger partial charge in [-0.1, -0.05) is 22.8 Å². The molecule has 88 valence electrons. The van der Waals surface area contributed by atoms with Gasteiger partial charge in [0.1, 0.15) is 6.04 Å². The van der Waals surface area contributed by atoms with Crippen LogP contribution in [0.1, 0.15) is 22.3 Å². The molecular formula is C12H11ClN2O2. The molecule has 17 heavy (non-hydrogen) atoms. The number of Topliss-reactive ketones (excluding diaryl/α,β-unsaturated/α-hetero) is 1. The summed E-state index contributed by atoms with van der Waals surface area (Å²) < 4.78 is 0. The molecule has 4 nitrogen and oxygen atoms in total. The summed E-state index contributed by atoms with van der Waals surface area (Å²) >= 11 is 5.91. The van der Waals surface area contributed by atoms with Crippen molar-refractivity contribution in [3.63, 3.8) is 0 Å². The third-order valence-electron chi connectivity index (χ3n) is 3.42. The molecule has 0 spiro atoms. The van der Waals surface area contributed by atoms with Gasteiger partial charge in [-0.2, -0.15) is 0 Å². The van der Waals surface area contributed by atoms with Gasteiger partial charge in [-0.15, -0.1) is 0 Å². The minimum absolute atomic E-state index is 0.0148. The maximum Gasteiger partial charge on any atom is 0.186 e. The largest absolute Gasteiger partial charge is 0.411 e. The van der Waals surface area contributed by atoms with Crippen LogP contribution < -0.4 is 0 Å². The van der Waals surface area contributed by atoms with E-state index in [4.69, 9.17) is 16.8 Å². The molecule has 1 aromatic carbocycles. The average Bonchev–Trinajstić information content (AvgIpc) is 2.73. The van der Waals surface area contributed by atoms with E-state index in [9.17, 15) is 4.79 Å². The molecule has 0 bridgehead atoms. The minimum Gasteiger partial charge on any atom is -0.411 e. The monoisotopic (exact) mass is 250 g/mol. The van der Waals surface area contributed by atoms with Gasteiger partial charge in [-0.25, -0.2) is 0 Å². The zero-order valence-corrected chi connectivity index (χ0v) is 9.81. The van der Waals surface area contributed by atoms with E-state index < -0.39 is 6.04 Å². The van der Waals surface area contributed by atoms with Crippen molar-refractivity contribution in [3.8, 4) is 0 Å². The van der Waals surface area contributed by atoms with E-state index in [1.807, 2.05) is 11.0 Å². The maximum absolute atomic E-state index is 12.3. The van der Waals surface area contributed by atoms with Gasteiger partial charge in [-0.3, -0.25) is 9.69 Å². The van der Waals surface area contributed by atoms with E-state index in [1.54, 1.807) is 12.1 Å². The summed E-state index contributed by atoms with van der Waals surface area (Å²) in [4.78, 5) is 14.4. The topological polar surface area (TPSA) is 52.9 Å². The van der Waals surface area contributed by atoms with Crippen LogP contribution in [0.5, 0.6) is 0 Å². The number of nitrogens with zero attached hydrogens (tertiary/aromatic N) is 2. The summed E-state index contributed by atoms with van der Waals surface area (Å²) in [5.74, 6) is -0.0148. The molecule has 0 radical (unpaired) electrons. The maximum atomic E-state index is 12.3. The SMILES string of the molecule is O=C1c2cc(Cl)ccc2CN2CCC(=NO)C12. The highest BCUT2D eigenvalue weighted by atomic mass is 35.5. The fourth-order valence-corrected chi connectivity index (χ4v) is 2.78. The molecular weight excluding hydrogens is 240 g/mol. The third kappa shape index (κ3) is 1.56. The molecule has 2 heterocycles. The number of ketones is 1. The van der Waals surface area contributed by atoms with Gasteiger partial charge in [0, 0.05) is 30.1 Å². The first-order chi connectivity index (χ1) is 8.20. The van der Waals surface area contributed by atoms with Crippen molar-refractivity contribution in [3.05, 3.63) is 34.3 Å². The lowest BCUT2D eigenvalue weighted by atomic mass is 9.92. The summed E-state index contributed by atoms with van der Waals surface area (Å²) in [5.41, 5.74) is 2.21. The van der Waals surface area contributed by atoms with Crippen LogP contribution in [0.25, 0.3) is 0 Å². The van der Waals surface area contributed by atoms with Crippen LogP contribution in [0.2, 0.25) is 5.02 Å². The summed E-state index contributed by atoms with van der Waals surface area (Å²) in [6.07, 6.45) is 0.647. The lowest BCUT2D eigenvalue weighted by Crippen LogP contribution is -2.43. The Kier molecular flexibility index (Phi) is 2.42. The molecule has 2 aliphatic rings. The van der Waals surface area contributed by atoms with Crippen molar-refractivity contribution in [1.29, 1.82) is 0 Å². The molecule has 1 atom stereocenters. The number of hydrogen-bond acceptors (Lipinski definition) is 4. The van der Waals surface area contributed by atoms with Crippen LogP contribution in [0.4, 0.5) is 0 Å². The Morgan fingerprint density at radius 1 is 1.47 bits per heavy atom. The van der Waals surface area contributed by atoms with Gasteiger partial charge >= 0.3 is 0 Å². The van der Waals surface area contributed by atoms with Crippen LogP contribution in [-0.4, -0.2) is 34.2 Å². The number of rotatable bonds is 0. The highest BCUT2D eigenvalue weighted by molar-refractivity contribution is 6.31. The zero-order chi connectivity index (χ0) is 12.0. The molecule has 2 aliphatic heterocycles. The Hall–Kier alpha value is -1.39. The fourth-order valence-electron chi connectivity index (χ4n) is 2.61. The van der Waals surface area contributed by atoms with Crippen molar-refractivity contribution in [2.75, 3.05) is 6.54 Å². The molecule has 1 aromatic rings. The normalized spacial score (nSPS) is 26.1. The predicted octanol–water partition coefficient (Wildman–Crippen LogP) is 1.94. The smallest absolute Gasteiger partial charge is 0.186 e. The molecule has 3 rings (SSSR count). The van der Waals surface area contributed by atoms with E-state index >= 15 is 0 Å². The predicted molar refractivity (Wildman–Crippen MR) is 63.8 cm³/mol. The number of carbonyl (C=O) groups excluding carboxylic acids is 1. The van der Waals surface area contributed by atoms with Gasteiger partial charge in [0.2, 0.25) is 0 Å². The Bertz CT molecular complexity index is 527. The Labute approximate surface area is 103 Å². The number of fused-ring (bicyclic) bond motifs is 2. The van der Waals surface area contributed by atoms with Gasteiger partial charge in [-0.05, 0) is 17.7 Å². The number of halogens is 1. The standard InChI is InChI=1S/C12H11ClN2O2/c13-8-2-1-7-6-15-4-3-10(14-17)11(15)12(16)9(7)5-8/h1-2,5,11,17H,3-4,6H2. The molecule has 0 aliphatic carbocycles. The first-order valence-corrected chi connectivity index (χ1v) is 5.86. The molecule has 1 fully saturated rings. The van der Waals surface area contributed by atoms with Gasteiger partial charge < -0.3 is 5.21 Å². The first kappa shape index (κ1) is 10.7. The van der Waals surface area contributed by atoms with Crippen LogP contribution >= 0.6 is 11.6 Å². The van der Waals surface area contributed by atoms with Gasteiger partial charge in [0.15, 0.2) is 5.78 Å². The molecule has 1 N–H and O–H groups in total. The van der Waals surface area contributed by atoms with E-state index in [-0.39, 0.29) is 5.78 Å². The van der Waals surface area contributed by atoms with E-state index in [2.05, 4.69) is 5.16 Å². The quantitative estimate of drug-likeness (QED) is 0.566. The minimum atomic E-state index is -0.397. The lowest BCUT2D eigenvalue weighted by Gasteiger charge is -2.29. The highest BCUT2D eigenvalue weighted by Crippen LogP contribution is 2.30. The van der Waals surface area contributed by atoms with Crippen molar-refractivity contribution in [1.82, 2.24) is 4.90 Å². The number of benzene rings is 1. The van der Waals surface area contributed by atoms with E-state index in [1.165, 1.54) is 0 Å². The number of carbonyl (C=O) groups is 1. The van der Waals surface area contributed by atoms with Crippen LogP contribution in [-0.2, 0) is 6.54 Å². The lowest BCUT2D eigenvalue weighted by molar-refractivity contribution is 0.0873. The molecule has 0 saturated carbocycles.